The third-order valence-electron chi connectivity index (χ3n) is 6.76. The lowest BCUT2D eigenvalue weighted by molar-refractivity contribution is -0.139. The number of rotatable bonds is 11. The zero-order valence-corrected chi connectivity index (χ0v) is 23.0. The minimum atomic E-state index is -0.750. The first-order valence-corrected chi connectivity index (χ1v) is 13.4. The van der Waals surface area contributed by atoms with E-state index < -0.39 is 17.7 Å². The molecule has 0 bridgehead atoms. The number of ketones is 1. The van der Waals surface area contributed by atoms with Crippen LogP contribution in [-0.4, -0.2) is 73.1 Å². The zero-order chi connectivity index (χ0) is 27.4. The first-order valence-electron chi connectivity index (χ1n) is 13.4. The van der Waals surface area contributed by atoms with E-state index in [2.05, 4.69) is 0 Å². The Morgan fingerprint density at radius 1 is 1.11 bits per heavy atom. The number of Topliss-reactive ketones (excluding diaryl/α,β-unsaturated/α-hetero) is 1. The molecule has 2 heterocycles. The molecule has 0 spiro atoms. The van der Waals surface area contributed by atoms with Crippen LogP contribution in [0.25, 0.3) is 5.76 Å². The molecule has 0 aromatic heterocycles. The number of nitrogens with zero attached hydrogens (tertiary/aromatic N) is 2. The minimum Gasteiger partial charge on any atom is -0.507 e. The summed E-state index contributed by atoms with van der Waals surface area (Å²) in [5.41, 5.74) is 2.22. The molecule has 0 saturated carbocycles. The number of amides is 1. The summed E-state index contributed by atoms with van der Waals surface area (Å²) in [4.78, 5) is 30.3. The smallest absolute Gasteiger partial charge is 0.295 e. The van der Waals surface area contributed by atoms with E-state index in [1.165, 1.54) is 0 Å². The summed E-state index contributed by atoms with van der Waals surface area (Å²) in [5, 5.41) is 11.5. The van der Waals surface area contributed by atoms with Gasteiger partial charge in [-0.05, 0) is 88.8 Å². The van der Waals surface area contributed by atoms with Gasteiger partial charge in [0.2, 0.25) is 0 Å². The second-order valence-corrected chi connectivity index (χ2v) is 10.1. The number of carbonyl (C=O) groups excluding carboxylic acids is 2. The van der Waals surface area contributed by atoms with Gasteiger partial charge >= 0.3 is 0 Å². The topological polar surface area (TPSA) is 88.5 Å². The van der Waals surface area contributed by atoms with Crippen molar-refractivity contribution in [1.29, 1.82) is 0 Å². The fraction of sp³-hybridized carbons (Fsp3) is 0.467. The Kier molecular flexibility index (Phi) is 8.62. The molecular weight excluding hydrogens is 484 g/mol. The second-order valence-electron chi connectivity index (χ2n) is 10.1. The van der Waals surface area contributed by atoms with Crippen LogP contribution in [0.2, 0.25) is 0 Å². The summed E-state index contributed by atoms with van der Waals surface area (Å²) in [7, 11) is 3.93. The van der Waals surface area contributed by atoms with Gasteiger partial charge in [0.25, 0.3) is 11.7 Å². The van der Waals surface area contributed by atoms with E-state index in [1.807, 2.05) is 70.1 Å². The van der Waals surface area contributed by atoms with Crippen LogP contribution >= 0.6 is 0 Å². The number of ether oxygens (including phenoxy) is 3. The van der Waals surface area contributed by atoms with E-state index in [1.54, 1.807) is 11.0 Å². The predicted molar refractivity (Wildman–Crippen MR) is 146 cm³/mol. The van der Waals surface area contributed by atoms with Crippen molar-refractivity contribution in [2.24, 2.45) is 0 Å². The Hall–Kier alpha value is -3.52. The first-order chi connectivity index (χ1) is 18.2. The first kappa shape index (κ1) is 27.5. The fourth-order valence-corrected chi connectivity index (χ4v) is 5.03. The van der Waals surface area contributed by atoms with Crippen molar-refractivity contribution in [3.8, 4) is 17.2 Å². The predicted octanol–water partition coefficient (Wildman–Crippen LogP) is 4.57. The van der Waals surface area contributed by atoms with Crippen LogP contribution in [0.1, 0.15) is 56.3 Å². The van der Waals surface area contributed by atoms with Crippen LogP contribution in [0.5, 0.6) is 17.2 Å². The van der Waals surface area contributed by atoms with Gasteiger partial charge in [-0.3, -0.25) is 9.59 Å². The molecule has 1 N–H and O–H groups in total. The molecule has 2 aromatic rings. The van der Waals surface area contributed by atoms with Gasteiger partial charge in [-0.2, -0.15) is 0 Å². The lowest BCUT2D eigenvalue weighted by Gasteiger charge is -2.26. The zero-order valence-electron chi connectivity index (χ0n) is 23.0. The normalized spacial score (nSPS) is 20.1. The molecule has 1 amide bonds. The van der Waals surface area contributed by atoms with Gasteiger partial charge in [-0.25, -0.2) is 0 Å². The quantitative estimate of drug-likeness (QED) is 0.263. The number of hydrogen-bond acceptors (Lipinski definition) is 7. The number of benzene rings is 2. The lowest BCUT2D eigenvalue weighted by Crippen LogP contribution is -2.32. The highest BCUT2D eigenvalue weighted by molar-refractivity contribution is 6.46. The van der Waals surface area contributed by atoms with Crippen molar-refractivity contribution in [1.82, 2.24) is 9.80 Å². The SMILES string of the molecule is CCCOc1ccc([C@@H]2/C(=C(\O)c3ccc4c(c3)C[C@H](C)O4)C(=O)C(=O)N2CCCN(C)C)cc1OCC. The van der Waals surface area contributed by atoms with E-state index in [-0.39, 0.29) is 17.4 Å². The maximum absolute atomic E-state index is 13.4. The van der Waals surface area contributed by atoms with Crippen LogP contribution in [0.4, 0.5) is 0 Å². The molecule has 0 unspecified atom stereocenters. The molecule has 0 aliphatic carbocycles. The van der Waals surface area contributed by atoms with Crippen LogP contribution in [0, 0.1) is 0 Å². The van der Waals surface area contributed by atoms with Crippen LogP contribution in [0.15, 0.2) is 42.0 Å². The van der Waals surface area contributed by atoms with Crippen molar-refractivity contribution in [3.05, 3.63) is 58.7 Å². The van der Waals surface area contributed by atoms with E-state index >= 15 is 0 Å². The summed E-state index contributed by atoms with van der Waals surface area (Å²) in [6.45, 7) is 8.02. The molecule has 38 heavy (non-hydrogen) atoms. The maximum Gasteiger partial charge on any atom is 0.295 e. The lowest BCUT2D eigenvalue weighted by atomic mass is 9.94. The van der Waals surface area contributed by atoms with Crippen LogP contribution in [0.3, 0.4) is 0 Å². The third-order valence-corrected chi connectivity index (χ3v) is 6.76. The van der Waals surface area contributed by atoms with Gasteiger partial charge in [0.05, 0.1) is 24.8 Å². The molecule has 2 aliphatic rings. The second kappa shape index (κ2) is 11.9. The van der Waals surface area contributed by atoms with Crippen molar-refractivity contribution in [2.75, 3.05) is 40.4 Å². The van der Waals surface area contributed by atoms with Gasteiger partial charge < -0.3 is 29.1 Å². The van der Waals surface area contributed by atoms with Gasteiger partial charge in [0.1, 0.15) is 17.6 Å². The molecule has 2 aromatic carbocycles. The number of hydrogen-bond donors (Lipinski definition) is 1. The Balaban J connectivity index is 1.80. The monoisotopic (exact) mass is 522 g/mol. The average Bonchev–Trinajstić information content (AvgIpc) is 3.38. The number of fused-ring (bicyclic) bond motifs is 1. The Morgan fingerprint density at radius 2 is 1.89 bits per heavy atom. The van der Waals surface area contributed by atoms with E-state index in [4.69, 9.17) is 14.2 Å². The fourth-order valence-electron chi connectivity index (χ4n) is 5.03. The Bertz CT molecular complexity index is 1220. The Morgan fingerprint density at radius 3 is 2.61 bits per heavy atom. The van der Waals surface area contributed by atoms with Gasteiger partial charge in [0.15, 0.2) is 11.5 Å². The standard InChI is InChI=1S/C30H38N2O6/c1-6-15-37-24-12-9-20(18-25(24)36-7-2)27-26(29(34)30(35)32(27)14-8-13-31(4)5)28(33)21-10-11-23-22(17-21)16-19(3)38-23/h9-12,17-19,27,33H,6-8,13-16H2,1-5H3/b28-26+/t19-,27+/m0/s1. The average molecular weight is 523 g/mol. The molecule has 8 heteroatoms. The summed E-state index contributed by atoms with van der Waals surface area (Å²) < 4.78 is 17.5. The number of likely N-dealkylation sites (tertiary alicyclic amines) is 1. The highest BCUT2D eigenvalue weighted by Crippen LogP contribution is 2.43. The van der Waals surface area contributed by atoms with Gasteiger partial charge in [-0.1, -0.05) is 13.0 Å². The molecule has 0 radical (unpaired) electrons. The Labute approximate surface area is 224 Å². The summed E-state index contributed by atoms with van der Waals surface area (Å²) in [5.74, 6) is 0.439. The molecule has 8 nitrogen and oxygen atoms in total. The van der Waals surface area contributed by atoms with Gasteiger partial charge in [0, 0.05) is 18.5 Å². The van der Waals surface area contributed by atoms with Gasteiger partial charge in [-0.15, -0.1) is 0 Å². The number of aliphatic hydroxyl groups excluding tert-OH is 1. The van der Waals surface area contributed by atoms with Crippen molar-refractivity contribution in [2.45, 2.75) is 52.2 Å². The van der Waals surface area contributed by atoms with Crippen molar-refractivity contribution >= 4 is 17.4 Å². The van der Waals surface area contributed by atoms with E-state index in [0.717, 1.165) is 30.7 Å². The minimum absolute atomic E-state index is 0.0510. The molecule has 2 atom stereocenters. The highest BCUT2D eigenvalue weighted by Gasteiger charge is 2.46. The molecule has 1 saturated heterocycles. The molecule has 2 aliphatic heterocycles. The van der Waals surface area contributed by atoms with E-state index in [9.17, 15) is 14.7 Å². The van der Waals surface area contributed by atoms with Crippen molar-refractivity contribution in [3.63, 3.8) is 0 Å². The molecule has 204 valence electrons. The highest BCUT2D eigenvalue weighted by atomic mass is 16.5. The molecule has 4 rings (SSSR count). The van der Waals surface area contributed by atoms with Crippen LogP contribution < -0.4 is 14.2 Å². The van der Waals surface area contributed by atoms with Crippen LogP contribution in [-0.2, 0) is 16.0 Å². The molecular formula is C30H38N2O6. The largest absolute Gasteiger partial charge is 0.507 e. The van der Waals surface area contributed by atoms with E-state index in [0.29, 0.717) is 48.8 Å². The van der Waals surface area contributed by atoms with Crippen molar-refractivity contribution < 1.29 is 28.9 Å². The maximum atomic E-state index is 13.4. The summed E-state index contributed by atoms with van der Waals surface area (Å²) >= 11 is 0. The summed E-state index contributed by atoms with van der Waals surface area (Å²) in [6, 6.07) is 10.1. The summed E-state index contributed by atoms with van der Waals surface area (Å²) in [6.07, 6.45) is 2.30. The molecule has 1 fully saturated rings. The number of aliphatic hydroxyl groups is 1. The third kappa shape index (κ3) is 5.65. The number of carbonyl (C=O) groups is 2.